The molecule has 0 fully saturated rings. The molecule has 0 bridgehead atoms. The first-order valence-electron chi connectivity index (χ1n) is 9.95. The Hall–Kier alpha value is -3.81. The van der Waals surface area contributed by atoms with Gasteiger partial charge in [0.25, 0.3) is 5.56 Å². The normalized spacial score (nSPS) is 11.2. The highest BCUT2D eigenvalue weighted by atomic mass is 19.1. The number of nitrogens with two attached hydrogens (primary N) is 1. The first-order valence-corrected chi connectivity index (χ1v) is 9.95. The van der Waals surface area contributed by atoms with E-state index >= 15 is 0 Å². The molecule has 0 atom stereocenters. The molecule has 0 saturated carbocycles. The Morgan fingerprint density at radius 1 is 1.09 bits per heavy atom. The van der Waals surface area contributed by atoms with Crippen LogP contribution in [0.3, 0.4) is 0 Å². The third-order valence-corrected chi connectivity index (χ3v) is 4.55. The zero-order chi connectivity index (χ0) is 23.6. The lowest BCUT2D eigenvalue weighted by Gasteiger charge is -2.25. The largest absolute Gasteiger partial charge is 0.457 e. The molecule has 7 nitrogen and oxygen atoms in total. The Bertz CT molecular complexity index is 1200. The SMILES string of the molecule is CN(C(=O)OC(C)(C)C)c1cc(-c2cc(N)ccc2Oc2ccc(F)cc2)cn(C)c1=O. The van der Waals surface area contributed by atoms with E-state index in [1.54, 1.807) is 58.3 Å². The van der Waals surface area contributed by atoms with Crippen molar-refractivity contribution in [1.29, 1.82) is 0 Å². The molecular formula is C24H26FN3O4. The van der Waals surface area contributed by atoms with Gasteiger partial charge in [-0.3, -0.25) is 9.69 Å². The fourth-order valence-electron chi connectivity index (χ4n) is 3.00. The number of halogens is 1. The minimum Gasteiger partial charge on any atom is -0.457 e. The number of nitrogens with zero attached hydrogens (tertiary/aromatic N) is 2. The third kappa shape index (κ3) is 5.26. The maximum atomic E-state index is 13.2. The first-order chi connectivity index (χ1) is 14.9. The summed E-state index contributed by atoms with van der Waals surface area (Å²) in [5, 5.41) is 0. The second kappa shape index (κ2) is 8.74. The van der Waals surface area contributed by atoms with E-state index in [9.17, 15) is 14.0 Å². The molecule has 0 unspecified atom stereocenters. The van der Waals surface area contributed by atoms with Crippen LogP contribution in [0.1, 0.15) is 20.8 Å². The second-order valence-corrected chi connectivity index (χ2v) is 8.38. The van der Waals surface area contributed by atoms with E-state index in [1.807, 2.05) is 0 Å². The minimum absolute atomic E-state index is 0.134. The summed E-state index contributed by atoms with van der Waals surface area (Å²) in [7, 11) is 3.06. The zero-order valence-corrected chi connectivity index (χ0v) is 18.7. The average molecular weight is 439 g/mol. The molecule has 3 rings (SSSR count). The molecule has 2 N–H and O–H groups in total. The van der Waals surface area contributed by atoms with Crippen LogP contribution in [-0.2, 0) is 11.8 Å². The second-order valence-electron chi connectivity index (χ2n) is 8.38. The Labute approximate surface area is 185 Å². The highest BCUT2D eigenvalue weighted by Crippen LogP contribution is 2.35. The van der Waals surface area contributed by atoms with Gasteiger partial charge in [-0.2, -0.15) is 0 Å². The van der Waals surface area contributed by atoms with Crippen LogP contribution in [0.15, 0.2) is 59.5 Å². The molecular weight excluding hydrogens is 413 g/mol. The third-order valence-electron chi connectivity index (χ3n) is 4.55. The molecule has 0 aliphatic rings. The van der Waals surface area contributed by atoms with Crippen molar-refractivity contribution in [3.63, 3.8) is 0 Å². The Balaban J connectivity index is 2.06. The van der Waals surface area contributed by atoms with Gasteiger partial charge in [0.2, 0.25) is 0 Å². The highest BCUT2D eigenvalue weighted by molar-refractivity contribution is 5.88. The lowest BCUT2D eigenvalue weighted by Crippen LogP contribution is -2.37. The summed E-state index contributed by atoms with van der Waals surface area (Å²) in [5.74, 6) is 0.520. The van der Waals surface area contributed by atoms with Crippen LogP contribution in [0.5, 0.6) is 11.5 Å². The summed E-state index contributed by atoms with van der Waals surface area (Å²) < 4.78 is 25.9. The highest BCUT2D eigenvalue weighted by Gasteiger charge is 2.23. The van der Waals surface area contributed by atoms with Crippen LogP contribution < -0.4 is 20.9 Å². The number of benzene rings is 2. The molecule has 3 aromatic rings. The van der Waals surface area contributed by atoms with Crippen molar-refractivity contribution in [1.82, 2.24) is 4.57 Å². The van der Waals surface area contributed by atoms with Gasteiger partial charge < -0.3 is 19.8 Å². The number of anilines is 2. The van der Waals surface area contributed by atoms with Gasteiger partial charge in [0.1, 0.15) is 28.6 Å². The van der Waals surface area contributed by atoms with Gasteiger partial charge in [0.15, 0.2) is 0 Å². The smallest absolute Gasteiger partial charge is 0.414 e. The zero-order valence-electron chi connectivity index (χ0n) is 18.7. The lowest BCUT2D eigenvalue weighted by molar-refractivity contribution is 0.0589. The number of aryl methyl sites for hydroxylation is 1. The van der Waals surface area contributed by atoms with Gasteiger partial charge in [-0.05, 0) is 69.3 Å². The van der Waals surface area contributed by atoms with E-state index in [1.165, 1.54) is 40.8 Å². The van der Waals surface area contributed by atoms with Crippen LogP contribution in [-0.4, -0.2) is 23.3 Å². The van der Waals surface area contributed by atoms with E-state index < -0.39 is 11.7 Å². The molecule has 0 aliphatic carbocycles. The van der Waals surface area contributed by atoms with Gasteiger partial charge in [-0.1, -0.05) is 0 Å². The van der Waals surface area contributed by atoms with Crippen molar-refractivity contribution in [2.75, 3.05) is 17.7 Å². The molecule has 168 valence electrons. The lowest BCUT2D eigenvalue weighted by atomic mass is 10.0. The van der Waals surface area contributed by atoms with Crippen molar-refractivity contribution in [3.05, 3.63) is 70.9 Å². The molecule has 0 saturated heterocycles. The van der Waals surface area contributed by atoms with Crippen molar-refractivity contribution < 1.29 is 18.7 Å². The van der Waals surface area contributed by atoms with Crippen molar-refractivity contribution >= 4 is 17.5 Å². The van der Waals surface area contributed by atoms with Crippen molar-refractivity contribution in [3.8, 4) is 22.6 Å². The number of aromatic nitrogens is 1. The summed E-state index contributed by atoms with van der Waals surface area (Å²) in [6.07, 6.45) is 0.975. The summed E-state index contributed by atoms with van der Waals surface area (Å²) in [5.41, 5.74) is 6.75. The molecule has 32 heavy (non-hydrogen) atoms. The quantitative estimate of drug-likeness (QED) is 0.582. The number of carbonyl (C=O) groups is 1. The van der Waals surface area contributed by atoms with Crippen LogP contribution in [0.4, 0.5) is 20.6 Å². The van der Waals surface area contributed by atoms with Gasteiger partial charge in [-0.25, -0.2) is 9.18 Å². The molecule has 1 heterocycles. The molecule has 0 spiro atoms. The number of nitrogen functional groups attached to an aromatic ring is 1. The van der Waals surface area contributed by atoms with Crippen molar-refractivity contribution in [2.45, 2.75) is 26.4 Å². The van der Waals surface area contributed by atoms with E-state index in [4.69, 9.17) is 15.2 Å². The van der Waals surface area contributed by atoms with E-state index in [2.05, 4.69) is 0 Å². The Morgan fingerprint density at radius 3 is 2.38 bits per heavy atom. The van der Waals surface area contributed by atoms with Crippen LogP contribution in [0, 0.1) is 5.82 Å². The number of amides is 1. The van der Waals surface area contributed by atoms with Gasteiger partial charge >= 0.3 is 6.09 Å². The first kappa shape index (κ1) is 22.9. The van der Waals surface area contributed by atoms with Gasteiger partial charge in [0, 0.05) is 37.1 Å². The Morgan fingerprint density at radius 2 is 1.75 bits per heavy atom. The van der Waals surface area contributed by atoms with E-state index in [-0.39, 0.29) is 17.1 Å². The van der Waals surface area contributed by atoms with Gasteiger partial charge in [-0.15, -0.1) is 0 Å². The monoisotopic (exact) mass is 439 g/mol. The van der Waals surface area contributed by atoms with Crippen LogP contribution in [0.2, 0.25) is 0 Å². The van der Waals surface area contributed by atoms with Gasteiger partial charge in [0.05, 0.1) is 0 Å². The summed E-state index contributed by atoms with van der Waals surface area (Å²) in [6, 6.07) is 12.3. The maximum Gasteiger partial charge on any atom is 0.414 e. The standard InChI is InChI=1S/C24H26FN3O4/c1-24(2,3)32-23(30)28(5)20-12-15(14-27(4)22(20)29)19-13-17(26)8-11-21(19)31-18-9-6-16(25)7-10-18/h6-14H,26H2,1-5H3. The molecule has 8 heteroatoms. The fourth-order valence-corrected chi connectivity index (χ4v) is 3.00. The maximum absolute atomic E-state index is 13.2. The van der Waals surface area contributed by atoms with E-state index in [0.717, 1.165) is 0 Å². The predicted molar refractivity (Wildman–Crippen MR) is 123 cm³/mol. The number of carbonyl (C=O) groups excluding carboxylic acids is 1. The molecule has 1 aromatic heterocycles. The summed E-state index contributed by atoms with van der Waals surface area (Å²) in [4.78, 5) is 26.5. The van der Waals surface area contributed by atoms with Crippen LogP contribution >= 0.6 is 0 Å². The average Bonchev–Trinajstić information content (AvgIpc) is 2.71. The molecule has 0 radical (unpaired) electrons. The number of rotatable bonds is 4. The topological polar surface area (TPSA) is 86.8 Å². The van der Waals surface area contributed by atoms with E-state index in [0.29, 0.717) is 28.3 Å². The molecule has 2 aromatic carbocycles. The summed E-state index contributed by atoms with van der Waals surface area (Å²) in [6.45, 7) is 5.25. The number of hydrogen-bond donors (Lipinski definition) is 1. The number of ether oxygens (including phenoxy) is 2. The Kier molecular flexibility index (Phi) is 6.25. The number of hydrogen-bond acceptors (Lipinski definition) is 5. The van der Waals surface area contributed by atoms with Crippen LogP contribution in [0.25, 0.3) is 11.1 Å². The predicted octanol–water partition coefficient (Wildman–Crippen LogP) is 4.94. The summed E-state index contributed by atoms with van der Waals surface area (Å²) >= 11 is 0. The molecule has 1 amide bonds. The fraction of sp³-hybridized carbons (Fsp3) is 0.250. The molecule has 0 aliphatic heterocycles. The number of pyridine rings is 1. The van der Waals surface area contributed by atoms with Crippen molar-refractivity contribution in [2.24, 2.45) is 7.05 Å². The minimum atomic E-state index is -0.710.